The number of nitrogens with zero attached hydrogens (tertiary/aromatic N) is 3. The van der Waals surface area contributed by atoms with Crippen LogP contribution >= 0.6 is 0 Å². The van der Waals surface area contributed by atoms with Crippen LogP contribution in [0.5, 0.6) is 0 Å². The summed E-state index contributed by atoms with van der Waals surface area (Å²) in [7, 11) is 0. The summed E-state index contributed by atoms with van der Waals surface area (Å²) < 4.78 is 0. The zero-order chi connectivity index (χ0) is 11.7. The molecule has 17 heavy (non-hydrogen) atoms. The molecule has 6 fully saturated rings. The van der Waals surface area contributed by atoms with Gasteiger partial charge in [-0.1, -0.05) is 0 Å². The lowest BCUT2D eigenvalue weighted by Crippen LogP contribution is -2.59. The van der Waals surface area contributed by atoms with Gasteiger partial charge in [0.25, 0.3) is 0 Å². The van der Waals surface area contributed by atoms with E-state index in [1.54, 1.807) is 0 Å². The van der Waals surface area contributed by atoms with Gasteiger partial charge in [-0.05, 0) is 51.7 Å². The minimum absolute atomic E-state index is 0.826. The lowest BCUT2D eigenvalue weighted by molar-refractivity contribution is 0.0214. The zero-order valence-electron chi connectivity index (χ0n) is 11.3. The van der Waals surface area contributed by atoms with E-state index in [0.29, 0.717) is 0 Å². The maximum absolute atomic E-state index is 2.58. The number of hydrogen-bond acceptors (Lipinski definition) is 3. The molecule has 1 atom stereocenters. The van der Waals surface area contributed by atoms with Gasteiger partial charge in [0, 0.05) is 38.8 Å². The standard InChI is InChI=1S/C7H14N2.C7H13N/c1-7-6-8-2-4-9(7)5-3-8;1-4-8-5-2-7(1)3-6-8/h7H,2-6H2,1H3;7H,1-6H2. The molecule has 0 aromatic heterocycles. The molecule has 0 aromatic carbocycles. The van der Waals surface area contributed by atoms with Gasteiger partial charge < -0.3 is 4.90 Å². The van der Waals surface area contributed by atoms with Gasteiger partial charge in [-0.15, -0.1) is 0 Å². The van der Waals surface area contributed by atoms with Gasteiger partial charge >= 0.3 is 0 Å². The van der Waals surface area contributed by atoms with E-state index in [9.17, 15) is 0 Å². The predicted molar refractivity (Wildman–Crippen MR) is 71.3 cm³/mol. The molecule has 4 bridgehead atoms. The van der Waals surface area contributed by atoms with Crippen molar-refractivity contribution in [1.82, 2.24) is 14.7 Å². The van der Waals surface area contributed by atoms with Gasteiger partial charge in [0.1, 0.15) is 0 Å². The normalized spacial score (nSPS) is 47.5. The zero-order valence-corrected chi connectivity index (χ0v) is 11.3. The van der Waals surface area contributed by atoms with Gasteiger partial charge in [0.2, 0.25) is 0 Å². The lowest BCUT2D eigenvalue weighted by Gasteiger charge is -2.46. The highest BCUT2D eigenvalue weighted by atomic mass is 15.3. The van der Waals surface area contributed by atoms with Crippen LogP contribution in [0.4, 0.5) is 0 Å². The van der Waals surface area contributed by atoms with Crippen LogP contribution in [0.2, 0.25) is 0 Å². The third-order valence-corrected chi connectivity index (χ3v) is 5.11. The van der Waals surface area contributed by atoms with Gasteiger partial charge in [-0.3, -0.25) is 9.80 Å². The molecule has 6 aliphatic rings. The number of hydrogen-bond donors (Lipinski definition) is 0. The molecule has 0 amide bonds. The molecule has 0 N–H and O–H groups in total. The number of fused-ring (bicyclic) bond motifs is 6. The Morgan fingerprint density at radius 2 is 1.29 bits per heavy atom. The summed E-state index contributed by atoms with van der Waals surface area (Å²) in [5.74, 6) is 1.11. The van der Waals surface area contributed by atoms with Crippen molar-refractivity contribution in [3.8, 4) is 0 Å². The summed E-state index contributed by atoms with van der Waals surface area (Å²) in [5, 5.41) is 0. The first-order chi connectivity index (χ1) is 8.31. The second-order valence-corrected chi connectivity index (χ2v) is 6.26. The molecule has 0 spiro atoms. The molecule has 0 aliphatic carbocycles. The van der Waals surface area contributed by atoms with Crippen LogP contribution in [0.3, 0.4) is 0 Å². The molecule has 3 heteroatoms. The third-order valence-electron chi connectivity index (χ3n) is 5.11. The fraction of sp³-hybridized carbons (Fsp3) is 1.00. The molecule has 0 saturated carbocycles. The molecule has 1 unspecified atom stereocenters. The first kappa shape index (κ1) is 11.9. The molecular formula is C14H27N3. The molecule has 0 radical (unpaired) electrons. The number of piperazine rings is 3. The highest BCUT2D eigenvalue weighted by Crippen LogP contribution is 2.26. The van der Waals surface area contributed by atoms with Crippen LogP contribution in [0.25, 0.3) is 0 Å². The van der Waals surface area contributed by atoms with Crippen molar-refractivity contribution in [3.63, 3.8) is 0 Å². The molecule has 3 nitrogen and oxygen atoms in total. The van der Waals surface area contributed by atoms with E-state index in [2.05, 4.69) is 21.6 Å². The average Bonchev–Trinajstić information content (AvgIpc) is 2.43. The van der Waals surface area contributed by atoms with Crippen LogP contribution < -0.4 is 0 Å². The minimum atomic E-state index is 0.826. The summed E-state index contributed by atoms with van der Waals surface area (Å²) >= 11 is 0. The van der Waals surface area contributed by atoms with E-state index < -0.39 is 0 Å². The van der Waals surface area contributed by atoms with Crippen molar-refractivity contribution >= 4 is 0 Å². The van der Waals surface area contributed by atoms with Crippen molar-refractivity contribution < 1.29 is 0 Å². The fourth-order valence-corrected chi connectivity index (χ4v) is 3.74. The Hall–Kier alpha value is -0.120. The highest BCUT2D eigenvalue weighted by Gasteiger charge is 2.28. The second kappa shape index (κ2) is 5.25. The van der Waals surface area contributed by atoms with E-state index >= 15 is 0 Å². The van der Waals surface area contributed by atoms with E-state index in [-0.39, 0.29) is 0 Å². The molecule has 6 heterocycles. The van der Waals surface area contributed by atoms with Gasteiger partial charge in [0.05, 0.1) is 0 Å². The molecule has 6 saturated heterocycles. The SMILES string of the molecule is C1CN2CCC1CC2.CC1CN2CCN1CC2. The van der Waals surface area contributed by atoms with Crippen molar-refractivity contribution in [2.45, 2.75) is 32.2 Å². The molecule has 98 valence electrons. The Bertz CT molecular complexity index is 217. The Morgan fingerprint density at radius 3 is 1.47 bits per heavy atom. The van der Waals surface area contributed by atoms with Gasteiger partial charge in [-0.2, -0.15) is 0 Å². The molecular weight excluding hydrogens is 210 g/mol. The number of piperidine rings is 3. The third kappa shape index (κ3) is 2.83. The van der Waals surface area contributed by atoms with Crippen molar-refractivity contribution in [3.05, 3.63) is 0 Å². The van der Waals surface area contributed by atoms with Crippen LogP contribution in [-0.4, -0.2) is 73.1 Å². The summed E-state index contributed by atoms with van der Waals surface area (Å²) in [6.07, 6.45) is 4.46. The second-order valence-electron chi connectivity index (χ2n) is 6.26. The van der Waals surface area contributed by atoms with Crippen molar-refractivity contribution in [1.29, 1.82) is 0 Å². The monoisotopic (exact) mass is 237 g/mol. The topological polar surface area (TPSA) is 9.72 Å². The quantitative estimate of drug-likeness (QED) is 0.625. The Labute approximate surface area is 106 Å². The highest BCUT2D eigenvalue weighted by molar-refractivity contribution is 4.84. The van der Waals surface area contributed by atoms with Crippen LogP contribution in [0.15, 0.2) is 0 Å². The first-order valence-electron chi connectivity index (χ1n) is 7.50. The molecule has 6 rings (SSSR count). The average molecular weight is 237 g/mol. The number of rotatable bonds is 0. The summed E-state index contributed by atoms with van der Waals surface area (Å²) in [5.41, 5.74) is 0. The van der Waals surface area contributed by atoms with Crippen LogP contribution in [0, 0.1) is 5.92 Å². The first-order valence-corrected chi connectivity index (χ1v) is 7.50. The summed E-state index contributed by atoms with van der Waals surface area (Å²) in [6.45, 7) is 13.0. The van der Waals surface area contributed by atoms with Crippen molar-refractivity contribution in [2.75, 3.05) is 52.4 Å². The smallest absolute Gasteiger partial charge is 0.0195 e. The van der Waals surface area contributed by atoms with Crippen LogP contribution in [0.1, 0.15) is 26.2 Å². The van der Waals surface area contributed by atoms with E-state index in [1.165, 1.54) is 71.6 Å². The van der Waals surface area contributed by atoms with Gasteiger partial charge in [-0.25, -0.2) is 0 Å². The van der Waals surface area contributed by atoms with E-state index in [0.717, 1.165) is 12.0 Å². The van der Waals surface area contributed by atoms with E-state index in [4.69, 9.17) is 0 Å². The van der Waals surface area contributed by atoms with E-state index in [1.807, 2.05) is 0 Å². The largest absolute Gasteiger partial charge is 0.303 e. The van der Waals surface area contributed by atoms with Gasteiger partial charge in [0.15, 0.2) is 0 Å². The Kier molecular flexibility index (Phi) is 3.69. The van der Waals surface area contributed by atoms with Crippen LogP contribution in [-0.2, 0) is 0 Å². The maximum Gasteiger partial charge on any atom is 0.0195 e. The minimum Gasteiger partial charge on any atom is -0.303 e. The maximum atomic E-state index is 2.58. The lowest BCUT2D eigenvalue weighted by atomic mass is 9.89. The Morgan fingerprint density at radius 1 is 0.706 bits per heavy atom. The molecule has 6 aliphatic heterocycles. The summed E-state index contributed by atoms with van der Waals surface area (Å²) in [4.78, 5) is 7.73. The fourth-order valence-electron chi connectivity index (χ4n) is 3.74. The van der Waals surface area contributed by atoms with Crippen molar-refractivity contribution in [2.24, 2.45) is 5.92 Å². The molecule has 0 aromatic rings. The summed E-state index contributed by atoms with van der Waals surface area (Å²) in [6, 6.07) is 0.826. The Balaban J connectivity index is 0.000000107. The predicted octanol–water partition coefficient (Wildman–Crippen LogP) is 1.11.